The number of ketones is 1. The van der Waals surface area contributed by atoms with Gasteiger partial charge in [-0.1, -0.05) is 53.2 Å². The molecule has 0 bridgehead atoms. The van der Waals surface area contributed by atoms with Gasteiger partial charge in [0.2, 0.25) is 5.78 Å². The van der Waals surface area contributed by atoms with Crippen LogP contribution in [-0.2, 0) is 4.74 Å². The van der Waals surface area contributed by atoms with Crippen molar-refractivity contribution in [3.63, 3.8) is 0 Å². The molecule has 21 heavy (non-hydrogen) atoms. The molecule has 0 unspecified atom stereocenters. The predicted octanol–water partition coefficient (Wildman–Crippen LogP) is 4.27. The molecule has 1 atom stereocenters. The van der Waals surface area contributed by atoms with E-state index in [4.69, 9.17) is 4.74 Å². The van der Waals surface area contributed by atoms with E-state index >= 15 is 0 Å². The Kier molecular flexibility index (Phi) is 5.28. The lowest BCUT2D eigenvalue weighted by Gasteiger charge is -2.15. The van der Waals surface area contributed by atoms with Crippen LogP contribution in [0.25, 0.3) is 0 Å². The van der Waals surface area contributed by atoms with Crippen molar-refractivity contribution in [2.24, 2.45) is 0 Å². The topological polar surface area (TPSA) is 43.4 Å². The third-order valence-electron chi connectivity index (χ3n) is 3.05. The van der Waals surface area contributed by atoms with E-state index in [2.05, 4.69) is 15.9 Å². The minimum atomic E-state index is -0.761. The quantitative estimate of drug-likeness (QED) is 0.599. The number of carbonyl (C=O) groups is 2. The highest BCUT2D eigenvalue weighted by atomic mass is 79.9. The Labute approximate surface area is 132 Å². The van der Waals surface area contributed by atoms with Crippen LogP contribution in [0.2, 0.25) is 0 Å². The summed E-state index contributed by atoms with van der Waals surface area (Å²) >= 11 is 3.31. The molecule has 0 aliphatic rings. The summed E-state index contributed by atoms with van der Waals surface area (Å²) in [6.45, 7) is 1.82. The number of Topliss-reactive ketones (excluding diaryl/α,β-unsaturated/α-hetero) is 1. The maximum absolute atomic E-state index is 12.3. The van der Waals surface area contributed by atoms with Crippen LogP contribution in [-0.4, -0.2) is 17.9 Å². The van der Waals surface area contributed by atoms with Crippen molar-refractivity contribution in [2.75, 3.05) is 0 Å². The highest BCUT2D eigenvalue weighted by Crippen LogP contribution is 2.15. The van der Waals surface area contributed by atoms with Crippen molar-refractivity contribution in [3.8, 4) is 0 Å². The molecule has 0 saturated carbocycles. The standard InChI is InChI=1S/C17H15BrO3/c1-2-15(16(19)12-6-4-3-5-7-12)21-17(20)13-8-10-14(18)11-9-13/h3-11,15H,2H2,1H3/t15-/m0/s1. The average molecular weight is 347 g/mol. The van der Waals surface area contributed by atoms with E-state index in [1.807, 2.05) is 13.0 Å². The predicted molar refractivity (Wildman–Crippen MR) is 84.4 cm³/mol. The van der Waals surface area contributed by atoms with Crippen molar-refractivity contribution in [2.45, 2.75) is 19.4 Å². The number of hydrogen-bond acceptors (Lipinski definition) is 3. The van der Waals surface area contributed by atoms with Crippen molar-refractivity contribution in [1.82, 2.24) is 0 Å². The molecule has 2 rings (SSSR count). The highest BCUT2D eigenvalue weighted by molar-refractivity contribution is 9.10. The van der Waals surface area contributed by atoms with E-state index in [0.717, 1.165) is 4.47 Å². The van der Waals surface area contributed by atoms with Crippen LogP contribution in [0.3, 0.4) is 0 Å². The fourth-order valence-corrected chi connectivity index (χ4v) is 2.16. The van der Waals surface area contributed by atoms with E-state index in [9.17, 15) is 9.59 Å². The number of esters is 1. The van der Waals surface area contributed by atoms with Gasteiger partial charge in [0.25, 0.3) is 0 Å². The highest BCUT2D eigenvalue weighted by Gasteiger charge is 2.22. The second kappa shape index (κ2) is 7.18. The molecular formula is C17H15BrO3. The van der Waals surface area contributed by atoms with Crippen LogP contribution in [0, 0.1) is 0 Å². The number of halogens is 1. The molecule has 0 aliphatic heterocycles. The van der Waals surface area contributed by atoms with Crippen LogP contribution in [0.1, 0.15) is 34.1 Å². The molecule has 0 amide bonds. The number of rotatable bonds is 5. The Morgan fingerprint density at radius 2 is 1.62 bits per heavy atom. The second-order valence-electron chi connectivity index (χ2n) is 4.54. The van der Waals surface area contributed by atoms with Gasteiger partial charge in [-0.25, -0.2) is 4.79 Å². The van der Waals surface area contributed by atoms with E-state index in [-0.39, 0.29) is 5.78 Å². The Balaban J connectivity index is 2.10. The summed E-state index contributed by atoms with van der Waals surface area (Å²) < 4.78 is 6.22. The molecule has 0 N–H and O–H groups in total. The third-order valence-corrected chi connectivity index (χ3v) is 3.58. The zero-order valence-electron chi connectivity index (χ0n) is 11.6. The lowest BCUT2D eigenvalue weighted by Crippen LogP contribution is -2.26. The van der Waals surface area contributed by atoms with Gasteiger partial charge in [-0.05, 0) is 30.7 Å². The molecule has 2 aromatic rings. The summed E-state index contributed by atoms with van der Waals surface area (Å²) in [5, 5.41) is 0. The van der Waals surface area contributed by atoms with Crippen LogP contribution >= 0.6 is 15.9 Å². The monoisotopic (exact) mass is 346 g/mol. The van der Waals surface area contributed by atoms with Gasteiger partial charge < -0.3 is 4.74 Å². The van der Waals surface area contributed by atoms with Gasteiger partial charge in [-0.15, -0.1) is 0 Å². The third kappa shape index (κ3) is 4.02. The van der Waals surface area contributed by atoms with Gasteiger partial charge in [0, 0.05) is 10.0 Å². The van der Waals surface area contributed by atoms with E-state index in [1.54, 1.807) is 48.5 Å². The molecule has 3 nitrogen and oxygen atoms in total. The van der Waals surface area contributed by atoms with Gasteiger partial charge in [0.1, 0.15) is 0 Å². The second-order valence-corrected chi connectivity index (χ2v) is 5.46. The maximum atomic E-state index is 12.3. The van der Waals surface area contributed by atoms with Gasteiger partial charge in [0.05, 0.1) is 5.56 Å². The van der Waals surface area contributed by atoms with Crippen LogP contribution in [0.15, 0.2) is 59.1 Å². The van der Waals surface area contributed by atoms with Crippen LogP contribution in [0.4, 0.5) is 0 Å². The van der Waals surface area contributed by atoms with Crippen molar-refractivity contribution in [3.05, 3.63) is 70.2 Å². The fourth-order valence-electron chi connectivity index (χ4n) is 1.89. The minimum absolute atomic E-state index is 0.177. The minimum Gasteiger partial charge on any atom is -0.450 e. The molecule has 4 heteroatoms. The number of ether oxygens (including phenoxy) is 1. The summed E-state index contributed by atoms with van der Waals surface area (Å²) in [6.07, 6.45) is -0.320. The molecule has 0 fully saturated rings. The molecule has 0 heterocycles. The molecule has 2 aromatic carbocycles. The Hall–Kier alpha value is -1.94. The average Bonchev–Trinajstić information content (AvgIpc) is 2.53. The first-order chi connectivity index (χ1) is 10.1. The van der Waals surface area contributed by atoms with E-state index in [1.165, 1.54) is 0 Å². The maximum Gasteiger partial charge on any atom is 0.338 e. The lowest BCUT2D eigenvalue weighted by molar-refractivity contribution is 0.0277. The zero-order valence-corrected chi connectivity index (χ0v) is 13.2. The number of benzene rings is 2. The van der Waals surface area contributed by atoms with Crippen LogP contribution in [0.5, 0.6) is 0 Å². The molecule has 0 radical (unpaired) electrons. The Morgan fingerprint density at radius 1 is 1.00 bits per heavy atom. The fraction of sp³-hybridized carbons (Fsp3) is 0.176. The first kappa shape index (κ1) is 15.4. The summed E-state index contributed by atoms with van der Waals surface area (Å²) in [6, 6.07) is 15.7. The summed E-state index contributed by atoms with van der Waals surface area (Å²) in [4.78, 5) is 24.4. The number of carbonyl (C=O) groups excluding carboxylic acids is 2. The van der Waals surface area contributed by atoms with Gasteiger partial charge in [-0.3, -0.25) is 4.79 Å². The molecular weight excluding hydrogens is 332 g/mol. The van der Waals surface area contributed by atoms with Crippen molar-refractivity contribution >= 4 is 27.7 Å². The first-order valence-corrected chi connectivity index (χ1v) is 7.47. The van der Waals surface area contributed by atoms with E-state index in [0.29, 0.717) is 17.5 Å². The summed E-state index contributed by atoms with van der Waals surface area (Å²) in [5.74, 6) is -0.665. The smallest absolute Gasteiger partial charge is 0.338 e. The van der Waals surface area contributed by atoms with Gasteiger partial charge >= 0.3 is 5.97 Å². The summed E-state index contributed by atoms with van der Waals surface area (Å²) in [5.41, 5.74) is 0.977. The first-order valence-electron chi connectivity index (χ1n) is 6.67. The van der Waals surface area contributed by atoms with Crippen molar-refractivity contribution in [1.29, 1.82) is 0 Å². The van der Waals surface area contributed by atoms with Gasteiger partial charge in [0.15, 0.2) is 6.10 Å². The summed E-state index contributed by atoms with van der Waals surface area (Å²) in [7, 11) is 0. The Morgan fingerprint density at radius 3 is 2.19 bits per heavy atom. The SMILES string of the molecule is CC[C@H](OC(=O)c1ccc(Br)cc1)C(=O)c1ccccc1. The van der Waals surface area contributed by atoms with Gasteiger partial charge in [-0.2, -0.15) is 0 Å². The van der Waals surface area contributed by atoms with Crippen LogP contribution < -0.4 is 0 Å². The molecule has 108 valence electrons. The van der Waals surface area contributed by atoms with Crippen molar-refractivity contribution < 1.29 is 14.3 Å². The molecule has 0 spiro atoms. The lowest BCUT2D eigenvalue weighted by atomic mass is 10.0. The Bertz CT molecular complexity index is 620. The van der Waals surface area contributed by atoms with E-state index < -0.39 is 12.1 Å². The number of hydrogen-bond donors (Lipinski definition) is 0. The molecule has 0 aromatic heterocycles. The largest absolute Gasteiger partial charge is 0.450 e. The molecule has 0 saturated heterocycles. The normalized spacial score (nSPS) is 11.7. The molecule has 0 aliphatic carbocycles. The zero-order chi connectivity index (χ0) is 15.2.